The highest BCUT2D eigenvalue weighted by Gasteiger charge is 2.37. The number of hydrogen-bond donors (Lipinski definition) is 1. The van der Waals surface area contributed by atoms with Crippen molar-refractivity contribution in [2.24, 2.45) is 5.92 Å². The number of halogens is 2. The third-order valence-electron chi connectivity index (χ3n) is 3.45. The first-order valence-electron chi connectivity index (χ1n) is 5.78. The zero-order valence-electron chi connectivity index (χ0n) is 9.75. The molecule has 1 N–H and O–H groups in total. The first kappa shape index (κ1) is 12.5. The van der Waals surface area contributed by atoms with Gasteiger partial charge in [0.25, 0.3) is 0 Å². The maximum Gasteiger partial charge on any atom is 0.164 e. The van der Waals surface area contributed by atoms with E-state index in [2.05, 4.69) is 0 Å². The van der Waals surface area contributed by atoms with Crippen LogP contribution in [0.15, 0.2) is 18.2 Å². The van der Waals surface area contributed by atoms with Crippen molar-refractivity contribution >= 4 is 0 Å². The standard InChI is InChI=1S/C13H16F2O2/c1-13(16,9-4-3-7-17-8-9)10-5-2-6-11(14)12(10)15/h2,5-6,9,16H,3-4,7-8H2,1H3. The molecule has 1 aliphatic rings. The molecule has 1 aliphatic heterocycles. The molecule has 1 aromatic rings. The number of benzene rings is 1. The molecule has 0 bridgehead atoms. The van der Waals surface area contributed by atoms with Crippen LogP contribution in [0, 0.1) is 17.6 Å². The van der Waals surface area contributed by atoms with Crippen LogP contribution in [-0.4, -0.2) is 18.3 Å². The lowest BCUT2D eigenvalue weighted by Gasteiger charge is -2.35. The minimum atomic E-state index is -1.40. The molecule has 0 aliphatic carbocycles. The van der Waals surface area contributed by atoms with Crippen LogP contribution in [0.2, 0.25) is 0 Å². The third kappa shape index (κ3) is 2.33. The van der Waals surface area contributed by atoms with Crippen molar-refractivity contribution < 1.29 is 18.6 Å². The number of aliphatic hydroxyl groups is 1. The molecule has 1 aromatic carbocycles. The largest absolute Gasteiger partial charge is 0.385 e. The van der Waals surface area contributed by atoms with E-state index in [9.17, 15) is 13.9 Å². The SMILES string of the molecule is CC(O)(c1cccc(F)c1F)C1CCCOC1. The Morgan fingerprint density at radius 3 is 2.82 bits per heavy atom. The monoisotopic (exact) mass is 242 g/mol. The second kappa shape index (κ2) is 4.70. The normalized spacial score (nSPS) is 24.4. The van der Waals surface area contributed by atoms with Gasteiger partial charge in [0.15, 0.2) is 11.6 Å². The van der Waals surface area contributed by atoms with E-state index >= 15 is 0 Å². The zero-order valence-corrected chi connectivity index (χ0v) is 9.75. The average Bonchev–Trinajstić information content (AvgIpc) is 2.33. The van der Waals surface area contributed by atoms with Gasteiger partial charge in [-0.15, -0.1) is 0 Å². The van der Waals surface area contributed by atoms with Crippen molar-refractivity contribution in [1.82, 2.24) is 0 Å². The number of hydrogen-bond acceptors (Lipinski definition) is 2. The summed E-state index contributed by atoms with van der Waals surface area (Å²) in [5, 5.41) is 10.4. The Morgan fingerprint density at radius 2 is 2.18 bits per heavy atom. The molecular formula is C13H16F2O2. The highest BCUT2D eigenvalue weighted by atomic mass is 19.2. The van der Waals surface area contributed by atoms with Crippen molar-refractivity contribution in [2.45, 2.75) is 25.4 Å². The molecule has 1 fully saturated rings. The molecule has 0 spiro atoms. The van der Waals surface area contributed by atoms with E-state index in [1.807, 2.05) is 0 Å². The fourth-order valence-electron chi connectivity index (χ4n) is 2.30. The van der Waals surface area contributed by atoms with E-state index in [-0.39, 0.29) is 11.5 Å². The van der Waals surface area contributed by atoms with Gasteiger partial charge >= 0.3 is 0 Å². The van der Waals surface area contributed by atoms with Gasteiger partial charge in [-0.25, -0.2) is 8.78 Å². The summed E-state index contributed by atoms with van der Waals surface area (Å²) < 4.78 is 32.1. The lowest BCUT2D eigenvalue weighted by Crippen LogP contribution is -2.38. The lowest BCUT2D eigenvalue weighted by atomic mass is 9.79. The van der Waals surface area contributed by atoms with E-state index in [1.165, 1.54) is 19.1 Å². The van der Waals surface area contributed by atoms with Crippen molar-refractivity contribution in [1.29, 1.82) is 0 Å². The summed E-state index contributed by atoms with van der Waals surface area (Å²) >= 11 is 0. The Bertz CT molecular complexity index is 398. The van der Waals surface area contributed by atoms with Crippen molar-refractivity contribution in [3.05, 3.63) is 35.4 Å². The Labute approximate surface area is 99.2 Å². The molecule has 2 nitrogen and oxygen atoms in total. The molecule has 94 valence electrons. The molecule has 2 rings (SSSR count). The smallest absolute Gasteiger partial charge is 0.164 e. The third-order valence-corrected chi connectivity index (χ3v) is 3.45. The summed E-state index contributed by atoms with van der Waals surface area (Å²) in [6.07, 6.45) is 1.58. The van der Waals surface area contributed by atoms with Crippen molar-refractivity contribution in [3.63, 3.8) is 0 Å². The van der Waals surface area contributed by atoms with Gasteiger partial charge in [-0.1, -0.05) is 12.1 Å². The highest BCUT2D eigenvalue weighted by molar-refractivity contribution is 5.25. The summed E-state index contributed by atoms with van der Waals surface area (Å²) in [6, 6.07) is 3.88. The van der Waals surface area contributed by atoms with Gasteiger partial charge in [-0.2, -0.15) is 0 Å². The molecule has 4 heteroatoms. The quantitative estimate of drug-likeness (QED) is 0.863. The van der Waals surface area contributed by atoms with Gasteiger partial charge in [-0.3, -0.25) is 0 Å². The summed E-state index contributed by atoms with van der Waals surface area (Å²) in [5.41, 5.74) is -1.39. The fourth-order valence-corrected chi connectivity index (χ4v) is 2.30. The summed E-state index contributed by atoms with van der Waals surface area (Å²) in [5.74, 6) is -2.10. The Morgan fingerprint density at radius 1 is 1.41 bits per heavy atom. The molecule has 0 aromatic heterocycles. The van der Waals surface area contributed by atoms with Crippen LogP contribution in [-0.2, 0) is 10.3 Å². The molecular weight excluding hydrogens is 226 g/mol. The van der Waals surface area contributed by atoms with Crippen LogP contribution in [0.4, 0.5) is 8.78 Å². The van der Waals surface area contributed by atoms with E-state index in [0.717, 1.165) is 18.9 Å². The Balaban J connectivity index is 2.32. The van der Waals surface area contributed by atoms with Gasteiger partial charge in [0.2, 0.25) is 0 Å². The van der Waals surface area contributed by atoms with Crippen molar-refractivity contribution in [2.75, 3.05) is 13.2 Å². The topological polar surface area (TPSA) is 29.5 Å². The second-order valence-electron chi connectivity index (χ2n) is 4.66. The Kier molecular flexibility index (Phi) is 3.45. The van der Waals surface area contributed by atoms with E-state index in [4.69, 9.17) is 4.74 Å². The highest BCUT2D eigenvalue weighted by Crippen LogP contribution is 2.36. The molecule has 17 heavy (non-hydrogen) atoms. The molecule has 0 amide bonds. The summed E-state index contributed by atoms with van der Waals surface area (Å²) in [7, 11) is 0. The number of rotatable bonds is 2. The van der Waals surface area contributed by atoms with E-state index < -0.39 is 17.2 Å². The van der Waals surface area contributed by atoms with Crippen LogP contribution < -0.4 is 0 Å². The first-order chi connectivity index (χ1) is 8.03. The maximum atomic E-state index is 13.7. The van der Waals surface area contributed by atoms with Crippen LogP contribution >= 0.6 is 0 Å². The fraction of sp³-hybridized carbons (Fsp3) is 0.538. The Hall–Kier alpha value is -1.00. The molecule has 0 saturated carbocycles. The maximum absolute atomic E-state index is 13.7. The summed E-state index contributed by atoms with van der Waals surface area (Å²) in [4.78, 5) is 0. The average molecular weight is 242 g/mol. The van der Waals surface area contributed by atoms with Crippen LogP contribution in [0.5, 0.6) is 0 Å². The van der Waals surface area contributed by atoms with Crippen LogP contribution in [0.25, 0.3) is 0 Å². The van der Waals surface area contributed by atoms with Gasteiger partial charge in [-0.05, 0) is 25.8 Å². The van der Waals surface area contributed by atoms with Gasteiger partial charge in [0.1, 0.15) is 0 Å². The van der Waals surface area contributed by atoms with Crippen LogP contribution in [0.1, 0.15) is 25.3 Å². The predicted octanol–water partition coefficient (Wildman–Crippen LogP) is 2.60. The van der Waals surface area contributed by atoms with Gasteiger partial charge in [0.05, 0.1) is 12.2 Å². The predicted molar refractivity (Wildman–Crippen MR) is 59.5 cm³/mol. The molecule has 0 radical (unpaired) electrons. The lowest BCUT2D eigenvalue weighted by molar-refractivity contribution is -0.0743. The molecule has 2 unspecified atom stereocenters. The zero-order chi connectivity index (χ0) is 12.5. The first-order valence-corrected chi connectivity index (χ1v) is 5.78. The summed E-state index contributed by atoms with van der Waals surface area (Å²) in [6.45, 7) is 2.56. The minimum Gasteiger partial charge on any atom is -0.385 e. The number of ether oxygens (including phenoxy) is 1. The molecule has 2 atom stereocenters. The van der Waals surface area contributed by atoms with Crippen molar-refractivity contribution in [3.8, 4) is 0 Å². The van der Waals surface area contributed by atoms with Gasteiger partial charge in [0, 0.05) is 18.1 Å². The molecule has 1 heterocycles. The second-order valence-corrected chi connectivity index (χ2v) is 4.66. The van der Waals surface area contributed by atoms with Gasteiger partial charge < -0.3 is 9.84 Å². The molecule has 1 saturated heterocycles. The minimum absolute atomic E-state index is 0.00741. The van der Waals surface area contributed by atoms with E-state index in [0.29, 0.717) is 13.2 Å². The van der Waals surface area contributed by atoms with E-state index in [1.54, 1.807) is 0 Å². The van der Waals surface area contributed by atoms with Crippen LogP contribution in [0.3, 0.4) is 0 Å².